The first-order chi connectivity index (χ1) is 18.4. The zero-order chi connectivity index (χ0) is 28.4. The lowest BCUT2D eigenvalue weighted by atomic mass is 9.89. The van der Waals surface area contributed by atoms with Crippen LogP contribution in [0.15, 0.2) is 60.7 Å². The van der Waals surface area contributed by atoms with Gasteiger partial charge in [0.05, 0.1) is 11.5 Å². The van der Waals surface area contributed by atoms with Crippen LogP contribution < -0.4 is 13.8 Å². The summed E-state index contributed by atoms with van der Waals surface area (Å²) in [4.78, 5) is 24.3. The SMILES string of the molecule is CC(C)OC(=O)C(C)(C)C/C=C/c1ccc2cc(OCc3ccccc3)c(N3CC(=O)NS3(=O)=O)c(F)c2c1. The van der Waals surface area contributed by atoms with E-state index in [0.29, 0.717) is 21.7 Å². The lowest BCUT2D eigenvalue weighted by Gasteiger charge is -2.22. The third-order valence-electron chi connectivity index (χ3n) is 6.18. The summed E-state index contributed by atoms with van der Waals surface area (Å²) >= 11 is 0. The van der Waals surface area contributed by atoms with Gasteiger partial charge in [0.1, 0.15) is 24.6 Å². The molecule has 1 N–H and O–H groups in total. The van der Waals surface area contributed by atoms with Gasteiger partial charge in [0.2, 0.25) is 0 Å². The summed E-state index contributed by atoms with van der Waals surface area (Å²) in [6, 6.07) is 15.8. The predicted molar refractivity (Wildman–Crippen MR) is 148 cm³/mol. The Balaban J connectivity index is 1.70. The summed E-state index contributed by atoms with van der Waals surface area (Å²) in [6.45, 7) is 6.67. The third kappa shape index (κ3) is 6.39. The Kier molecular flexibility index (Phi) is 7.96. The molecule has 0 unspecified atom stereocenters. The van der Waals surface area contributed by atoms with E-state index in [4.69, 9.17) is 9.47 Å². The second-order valence-electron chi connectivity index (χ2n) is 10.3. The number of benzene rings is 3. The van der Waals surface area contributed by atoms with Gasteiger partial charge in [0, 0.05) is 5.39 Å². The molecular formula is C29H31FN2O6S. The highest BCUT2D eigenvalue weighted by molar-refractivity contribution is 7.92. The van der Waals surface area contributed by atoms with Crippen molar-refractivity contribution in [3.8, 4) is 5.75 Å². The number of anilines is 1. The van der Waals surface area contributed by atoms with Gasteiger partial charge >= 0.3 is 16.2 Å². The van der Waals surface area contributed by atoms with Crippen molar-refractivity contribution in [1.82, 2.24) is 4.72 Å². The molecule has 0 spiro atoms. The molecule has 1 aliphatic heterocycles. The Hall–Kier alpha value is -3.92. The van der Waals surface area contributed by atoms with Gasteiger partial charge in [-0.1, -0.05) is 54.6 Å². The van der Waals surface area contributed by atoms with E-state index in [1.807, 2.05) is 41.1 Å². The Morgan fingerprint density at radius 1 is 1.15 bits per heavy atom. The molecule has 1 fully saturated rings. The van der Waals surface area contributed by atoms with Crippen molar-refractivity contribution in [3.05, 3.63) is 77.6 Å². The van der Waals surface area contributed by atoms with E-state index in [1.165, 1.54) is 0 Å². The Morgan fingerprint density at radius 2 is 1.87 bits per heavy atom. The smallest absolute Gasteiger partial charge is 0.326 e. The number of rotatable bonds is 9. The van der Waals surface area contributed by atoms with Gasteiger partial charge in [-0.2, -0.15) is 8.42 Å². The van der Waals surface area contributed by atoms with Gasteiger partial charge in [-0.25, -0.2) is 13.4 Å². The molecule has 39 heavy (non-hydrogen) atoms. The van der Waals surface area contributed by atoms with Crippen molar-refractivity contribution in [2.75, 3.05) is 10.8 Å². The lowest BCUT2D eigenvalue weighted by molar-refractivity contribution is -0.157. The number of hydrogen-bond acceptors (Lipinski definition) is 6. The Labute approximate surface area is 227 Å². The zero-order valence-corrected chi connectivity index (χ0v) is 23.0. The van der Waals surface area contributed by atoms with Gasteiger partial charge in [-0.05, 0) is 62.8 Å². The molecule has 0 saturated carbocycles. The van der Waals surface area contributed by atoms with Crippen LogP contribution in [0.25, 0.3) is 16.8 Å². The molecule has 0 bridgehead atoms. The summed E-state index contributed by atoms with van der Waals surface area (Å²) in [5, 5.41) is 0.653. The van der Waals surface area contributed by atoms with Crippen molar-refractivity contribution < 1.29 is 31.9 Å². The van der Waals surface area contributed by atoms with E-state index in [2.05, 4.69) is 0 Å². The minimum atomic E-state index is -4.29. The standard InChI is InChI=1S/C29H31FN2O6S/c1-19(2)38-28(34)29(3,4)14-8-11-20-12-13-22-16-24(37-18-21-9-6-5-7-10-21)27(26(30)23(22)15-20)32-17-25(33)31-39(32,35)36/h5-13,15-16,19H,14,17-18H2,1-4H3,(H,31,33)/b11-8+. The number of nitrogens with one attached hydrogen (secondary N) is 1. The van der Waals surface area contributed by atoms with Crippen LogP contribution in [-0.4, -0.2) is 32.9 Å². The van der Waals surface area contributed by atoms with E-state index in [-0.39, 0.29) is 35.5 Å². The molecule has 1 saturated heterocycles. The van der Waals surface area contributed by atoms with Crippen LogP contribution in [0.4, 0.5) is 10.1 Å². The molecule has 8 nitrogen and oxygen atoms in total. The number of hydrogen-bond donors (Lipinski definition) is 1. The molecule has 3 aromatic rings. The number of allylic oxidation sites excluding steroid dienone is 1. The molecule has 206 valence electrons. The molecule has 0 aromatic heterocycles. The number of amides is 1. The Morgan fingerprint density at radius 3 is 2.51 bits per heavy atom. The van der Waals surface area contributed by atoms with Crippen LogP contribution in [0.2, 0.25) is 0 Å². The first kappa shape index (κ1) is 28.1. The van der Waals surface area contributed by atoms with E-state index < -0.39 is 33.9 Å². The minimum Gasteiger partial charge on any atom is -0.487 e. The van der Waals surface area contributed by atoms with E-state index in [0.717, 1.165) is 5.56 Å². The summed E-state index contributed by atoms with van der Waals surface area (Å²) in [5.74, 6) is -1.91. The highest BCUT2D eigenvalue weighted by Crippen LogP contribution is 2.40. The monoisotopic (exact) mass is 554 g/mol. The molecule has 1 heterocycles. The number of ether oxygens (including phenoxy) is 2. The second kappa shape index (κ2) is 11.1. The maximum absolute atomic E-state index is 16.1. The Bertz CT molecular complexity index is 1530. The van der Waals surface area contributed by atoms with Crippen molar-refractivity contribution in [1.29, 1.82) is 0 Å². The average molecular weight is 555 g/mol. The normalized spacial score (nSPS) is 15.2. The van der Waals surface area contributed by atoms with E-state index in [1.54, 1.807) is 58.0 Å². The van der Waals surface area contributed by atoms with Crippen LogP contribution in [0, 0.1) is 11.2 Å². The number of esters is 1. The summed E-state index contributed by atoms with van der Waals surface area (Å²) < 4.78 is 55.1. The first-order valence-corrected chi connectivity index (χ1v) is 14.0. The van der Waals surface area contributed by atoms with Crippen LogP contribution in [0.3, 0.4) is 0 Å². The number of fused-ring (bicyclic) bond motifs is 1. The van der Waals surface area contributed by atoms with Crippen LogP contribution in [0.1, 0.15) is 45.2 Å². The van der Waals surface area contributed by atoms with E-state index >= 15 is 4.39 Å². The molecule has 0 radical (unpaired) electrons. The number of carbonyl (C=O) groups is 2. The van der Waals surface area contributed by atoms with Gasteiger partial charge in [0.15, 0.2) is 5.82 Å². The quantitative estimate of drug-likeness (QED) is 0.369. The summed E-state index contributed by atoms with van der Waals surface area (Å²) in [7, 11) is -4.29. The van der Waals surface area contributed by atoms with E-state index in [9.17, 15) is 18.0 Å². The number of carbonyl (C=O) groups excluding carboxylic acids is 2. The van der Waals surface area contributed by atoms with Crippen LogP contribution in [0.5, 0.6) is 5.75 Å². The molecule has 0 atom stereocenters. The summed E-state index contributed by atoms with van der Waals surface area (Å²) in [6.07, 6.45) is 3.76. The van der Waals surface area contributed by atoms with Crippen molar-refractivity contribution in [2.24, 2.45) is 5.41 Å². The molecule has 10 heteroatoms. The van der Waals surface area contributed by atoms with Crippen LogP contribution in [-0.2, 0) is 31.1 Å². The van der Waals surface area contributed by atoms with Crippen molar-refractivity contribution in [3.63, 3.8) is 0 Å². The molecule has 1 amide bonds. The maximum atomic E-state index is 16.1. The lowest BCUT2D eigenvalue weighted by Crippen LogP contribution is -2.30. The largest absolute Gasteiger partial charge is 0.487 e. The fourth-order valence-electron chi connectivity index (χ4n) is 4.11. The second-order valence-corrected chi connectivity index (χ2v) is 11.9. The number of halogens is 1. The minimum absolute atomic E-state index is 0.00219. The van der Waals surface area contributed by atoms with Gasteiger partial charge in [-0.3, -0.25) is 9.59 Å². The van der Waals surface area contributed by atoms with Crippen molar-refractivity contribution >= 4 is 44.6 Å². The molecule has 3 aromatic carbocycles. The predicted octanol–water partition coefficient (Wildman–Crippen LogP) is 5.12. The highest BCUT2D eigenvalue weighted by atomic mass is 32.2. The average Bonchev–Trinajstić information content (AvgIpc) is 3.14. The van der Waals surface area contributed by atoms with Gasteiger partial charge in [0.25, 0.3) is 5.91 Å². The van der Waals surface area contributed by atoms with Gasteiger partial charge < -0.3 is 9.47 Å². The zero-order valence-electron chi connectivity index (χ0n) is 22.2. The fraction of sp³-hybridized carbons (Fsp3) is 0.310. The highest BCUT2D eigenvalue weighted by Gasteiger charge is 2.38. The summed E-state index contributed by atoms with van der Waals surface area (Å²) in [5.41, 5.74) is 0.375. The maximum Gasteiger partial charge on any atom is 0.326 e. The topological polar surface area (TPSA) is 102 Å². The molecule has 4 rings (SSSR count). The van der Waals surface area contributed by atoms with Crippen LogP contribution >= 0.6 is 0 Å². The third-order valence-corrected chi connectivity index (χ3v) is 7.56. The number of nitrogens with zero attached hydrogens (tertiary/aromatic N) is 1. The van der Waals surface area contributed by atoms with Gasteiger partial charge in [-0.15, -0.1) is 0 Å². The van der Waals surface area contributed by atoms with Crippen molar-refractivity contribution in [2.45, 2.75) is 46.8 Å². The molecule has 1 aliphatic rings. The molecule has 0 aliphatic carbocycles. The fourth-order valence-corrected chi connectivity index (χ4v) is 5.27. The first-order valence-electron chi connectivity index (χ1n) is 12.5. The molecular weight excluding hydrogens is 523 g/mol.